The molecule has 96 valence electrons. The molecular formula is C12H26O3P+. The first kappa shape index (κ1) is 17.9. The highest BCUT2D eigenvalue weighted by Crippen LogP contribution is 2.08. The molecule has 0 radical (unpaired) electrons. The number of rotatable bonds is 9. The van der Waals surface area contributed by atoms with Crippen molar-refractivity contribution in [3.8, 4) is 0 Å². The van der Waals surface area contributed by atoms with Gasteiger partial charge >= 0.3 is 15.1 Å². The van der Waals surface area contributed by atoms with E-state index in [9.17, 15) is 4.79 Å². The molecule has 1 unspecified atom stereocenters. The smallest absolute Gasteiger partial charge is 0.310 e. The van der Waals surface area contributed by atoms with Gasteiger partial charge in [-0.3, -0.25) is 4.79 Å². The van der Waals surface area contributed by atoms with Crippen molar-refractivity contribution in [1.82, 2.24) is 0 Å². The van der Waals surface area contributed by atoms with Crippen LogP contribution in [-0.4, -0.2) is 12.6 Å². The summed E-state index contributed by atoms with van der Waals surface area (Å²) in [6.07, 6.45) is 10.2. The van der Waals surface area contributed by atoms with E-state index in [4.69, 9.17) is 9.30 Å². The molecule has 0 bridgehead atoms. The summed E-state index contributed by atoms with van der Waals surface area (Å²) < 4.78 is 13.0. The highest BCUT2D eigenvalue weighted by atomic mass is 31.0. The highest BCUT2D eigenvalue weighted by Gasteiger charge is 1.93. The first-order valence-corrected chi connectivity index (χ1v) is 6.61. The molecule has 0 amide bonds. The number of unbranched alkanes of at least 4 members (excludes halogenated alkanes) is 7. The maximum absolute atomic E-state index is 10.4. The van der Waals surface area contributed by atoms with Crippen LogP contribution in [0.25, 0.3) is 0 Å². The molecule has 0 rings (SSSR count). The molecule has 0 spiro atoms. The van der Waals surface area contributed by atoms with Gasteiger partial charge in [-0.05, 0) is 6.42 Å². The largest absolute Gasteiger partial charge is 0.466 e. The molecule has 0 heterocycles. The third-order valence-electron chi connectivity index (χ3n) is 2.30. The van der Waals surface area contributed by atoms with Crippen LogP contribution >= 0.6 is 9.12 Å². The van der Waals surface area contributed by atoms with E-state index in [0.717, 1.165) is 6.42 Å². The lowest BCUT2D eigenvalue weighted by atomic mass is 10.1. The minimum atomic E-state index is -0.159. The van der Waals surface area contributed by atoms with Crippen molar-refractivity contribution in [3.05, 3.63) is 0 Å². The Balaban J connectivity index is 0. The average molecular weight is 249 g/mol. The van der Waals surface area contributed by atoms with Crippen LogP contribution in [0.1, 0.15) is 65.2 Å². The van der Waals surface area contributed by atoms with Crippen LogP contribution in [0.4, 0.5) is 0 Å². The van der Waals surface area contributed by atoms with Crippen molar-refractivity contribution in [2.24, 2.45) is 0 Å². The van der Waals surface area contributed by atoms with Gasteiger partial charge in [0.2, 0.25) is 0 Å². The van der Waals surface area contributed by atoms with Crippen LogP contribution in [-0.2, 0) is 14.1 Å². The van der Waals surface area contributed by atoms with Crippen LogP contribution in [0.15, 0.2) is 0 Å². The van der Waals surface area contributed by atoms with Crippen molar-refractivity contribution in [2.75, 3.05) is 6.61 Å². The summed E-state index contributed by atoms with van der Waals surface area (Å²) in [6, 6.07) is 0. The fourth-order valence-electron chi connectivity index (χ4n) is 1.45. The maximum atomic E-state index is 10.4. The van der Waals surface area contributed by atoms with Gasteiger partial charge in [0.05, 0.1) is 6.61 Å². The Morgan fingerprint density at radius 1 is 0.938 bits per heavy atom. The summed E-state index contributed by atoms with van der Waals surface area (Å²) in [5.74, 6) is -0.159. The van der Waals surface area contributed by atoms with E-state index in [2.05, 4.69) is 6.92 Å². The van der Waals surface area contributed by atoms with Crippen molar-refractivity contribution in [1.29, 1.82) is 0 Å². The number of carbonyl (C=O) groups is 1. The molecule has 0 aliphatic rings. The van der Waals surface area contributed by atoms with E-state index in [1.165, 1.54) is 61.0 Å². The summed E-state index contributed by atoms with van der Waals surface area (Å²) in [6.45, 7) is 4.30. The Bertz CT molecular complexity index is 151. The van der Waals surface area contributed by atoms with E-state index in [-0.39, 0.29) is 5.97 Å². The van der Waals surface area contributed by atoms with Crippen molar-refractivity contribution < 1.29 is 14.1 Å². The molecule has 1 atom stereocenters. The van der Waals surface area contributed by atoms with E-state index in [1.54, 1.807) is 0 Å². The highest BCUT2D eigenvalue weighted by molar-refractivity contribution is 7.00. The minimum absolute atomic E-state index is 0.159. The number of esters is 1. The zero-order valence-corrected chi connectivity index (χ0v) is 11.8. The predicted molar refractivity (Wildman–Crippen MR) is 69.6 cm³/mol. The second-order valence-corrected chi connectivity index (χ2v) is 3.81. The molecular weight excluding hydrogens is 223 g/mol. The van der Waals surface area contributed by atoms with Crippen molar-refractivity contribution >= 4 is 15.1 Å². The molecule has 0 aromatic rings. The van der Waals surface area contributed by atoms with Crippen molar-refractivity contribution in [2.45, 2.75) is 65.2 Å². The first-order chi connectivity index (χ1) is 7.77. The van der Waals surface area contributed by atoms with Gasteiger partial charge in [0.1, 0.15) is 0 Å². The Morgan fingerprint density at radius 3 is 1.81 bits per heavy atom. The number of ether oxygens (including phenoxy) is 1. The minimum Gasteiger partial charge on any atom is -0.466 e. The standard InChI is InChI=1S/C12H24O2.H2OP/c1-3-4-5-6-7-8-9-10-11-14-12(2)13;1-2/h3-11H2,1-2H3;2H2/q;+1. The molecule has 0 aliphatic carbocycles. The molecule has 0 aliphatic heterocycles. The molecule has 0 aromatic carbocycles. The van der Waals surface area contributed by atoms with Crippen LogP contribution in [0.5, 0.6) is 0 Å². The Labute approximate surface area is 102 Å². The number of hydrogen-bond donors (Lipinski definition) is 0. The normalized spacial score (nSPS) is 9.12. The van der Waals surface area contributed by atoms with Crippen molar-refractivity contribution in [3.63, 3.8) is 0 Å². The molecule has 4 heteroatoms. The number of carbonyl (C=O) groups excluding carboxylic acids is 1. The Hall–Kier alpha value is -0.430. The summed E-state index contributed by atoms with van der Waals surface area (Å²) in [5.41, 5.74) is 0. The number of hydrogen-bond acceptors (Lipinski definition) is 3. The first-order valence-electron chi connectivity index (χ1n) is 6.14. The van der Waals surface area contributed by atoms with Gasteiger partial charge in [-0.1, -0.05) is 56.4 Å². The van der Waals surface area contributed by atoms with Crippen LogP contribution in [0.2, 0.25) is 0 Å². The van der Waals surface area contributed by atoms with E-state index in [1.807, 2.05) is 0 Å². The molecule has 0 saturated carbocycles. The fraction of sp³-hybridized carbons (Fsp3) is 0.917. The zero-order chi connectivity index (χ0) is 12.6. The quantitative estimate of drug-likeness (QED) is 0.353. The Kier molecular flexibility index (Phi) is 19.0. The van der Waals surface area contributed by atoms with Gasteiger partial charge in [-0.15, -0.1) is 0 Å². The predicted octanol–water partition coefficient (Wildman–Crippen LogP) is 3.90. The van der Waals surface area contributed by atoms with Gasteiger partial charge in [-0.25, -0.2) is 0 Å². The summed E-state index contributed by atoms with van der Waals surface area (Å²) in [5, 5.41) is 0. The maximum Gasteiger partial charge on any atom is 0.310 e. The van der Waals surface area contributed by atoms with Crippen LogP contribution in [0, 0.1) is 0 Å². The van der Waals surface area contributed by atoms with E-state index < -0.39 is 0 Å². The molecule has 0 fully saturated rings. The lowest BCUT2D eigenvalue weighted by Gasteiger charge is -2.02. The van der Waals surface area contributed by atoms with Gasteiger partial charge in [0.25, 0.3) is 0 Å². The fourth-order valence-corrected chi connectivity index (χ4v) is 1.45. The summed E-state index contributed by atoms with van der Waals surface area (Å²) in [4.78, 5) is 10.4. The lowest BCUT2D eigenvalue weighted by Crippen LogP contribution is -1.99. The molecule has 0 aromatic heterocycles. The van der Waals surface area contributed by atoms with E-state index in [0.29, 0.717) is 6.61 Å². The monoisotopic (exact) mass is 249 g/mol. The lowest BCUT2D eigenvalue weighted by molar-refractivity contribution is -0.141. The van der Waals surface area contributed by atoms with Gasteiger partial charge in [-0.2, -0.15) is 0 Å². The van der Waals surface area contributed by atoms with Crippen LogP contribution < -0.4 is 0 Å². The SMILES string of the molecule is CCCCCCCCCCOC(C)=O.O=[PH2+]. The molecule has 0 N–H and O–H groups in total. The second kappa shape index (κ2) is 17.0. The Morgan fingerprint density at radius 2 is 1.38 bits per heavy atom. The zero-order valence-electron chi connectivity index (χ0n) is 10.7. The van der Waals surface area contributed by atoms with E-state index >= 15 is 0 Å². The molecule has 0 saturated heterocycles. The topological polar surface area (TPSA) is 43.4 Å². The van der Waals surface area contributed by atoms with Gasteiger partial charge < -0.3 is 4.74 Å². The van der Waals surface area contributed by atoms with Gasteiger partial charge in [0.15, 0.2) is 0 Å². The average Bonchev–Trinajstić information content (AvgIpc) is 2.29. The summed E-state index contributed by atoms with van der Waals surface area (Å²) >= 11 is 0. The van der Waals surface area contributed by atoms with Crippen LogP contribution in [0.3, 0.4) is 0 Å². The van der Waals surface area contributed by atoms with Gasteiger partial charge in [0, 0.05) is 6.92 Å². The third kappa shape index (κ3) is 19.2. The summed E-state index contributed by atoms with van der Waals surface area (Å²) in [7, 11) is 1.17. The molecule has 3 nitrogen and oxygen atoms in total. The second-order valence-electron chi connectivity index (χ2n) is 3.81. The molecule has 16 heavy (non-hydrogen) atoms. The third-order valence-corrected chi connectivity index (χ3v) is 2.30.